The van der Waals surface area contributed by atoms with E-state index in [1.165, 1.54) is 6.42 Å². The molecule has 0 bridgehead atoms. The van der Waals surface area contributed by atoms with E-state index in [-0.39, 0.29) is 19.3 Å². The quantitative estimate of drug-likeness (QED) is 0.547. The van der Waals surface area contributed by atoms with Crippen molar-refractivity contribution in [2.75, 3.05) is 18.9 Å². The van der Waals surface area contributed by atoms with Crippen LogP contribution in [0.25, 0.3) is 0 Å². The van der Waals surface area contributed by atoms with Crippen molar-refractivity contribution in [3.8, 4) is 0 Å². The summed E-state index contributed by atoms with van der Waals surface area (Å²) < 4.78 is 24.7. The Kier molecular flexibility index (Phi) is 9.19. The summed E-state index contributed by atoms with van der Waals surface area (Å²) in [7, 11) is -3.05. The molecule has 1 aliphatic carbocycles. The molecule has 2 atom stereocenters. The van der Waals surface area contributed by atoms with E-state index in [4.69, 9.17) is 9.26 Å². The topological polar surface area (TPSA) is 84.9 Å². The average molecular weight is 426 g/mol. The fourth-order valence-electron chi connectivity index (χ4n) is 3.61. The van der Waals surface area contributed by atoms with E-state index in [1.54, 1.807) is 20.8 Å². The number of amides is 1. The molecule has 1 aromatic carbocycles. The lowest BCUT2D eigenvalue weighted by Gasteiger charge is -2.28. The second-order valence-electron chi connectivity index (χ2n) is 8.98. The first-order valence-electron chi connectivity index (χ1n) is 10.6. The molecule has 0 radical (unpaired) electrons. The number of nitrogens with one attached hydrogen (secondary N) is 1. The molecule has 1 saturated carbocycles. The fraction of sp³-hybridized carbons (Fsp3) is 0.682. The van der Waals surface area contributed by atoms with Crippen LogP contribution in [-0.2, 0) is 20.4 Å². The van der Waals surface area contributed by atoms with E-state index in [0.717, 1.165) is 31.2 Å². The van der Waals surface area contributed by atoms with Gasteiger partial charge in [0, 0.05) is 12.7 Å². The van der Waals surface area contributed by atoms with Crippen LogP contribution in [-0.4, -0.2) is 41.8 Å². The summed E-state index contributed by atoms with van der Waals surface area (Å²) in [5.41, 5.74) is 0.349. The number of ether oxygens (including phenoxy) is 1. The predicted molar refractivity (Wildman–Crippen MR) is 115 cm³/mol. The molecule has 2 unspecified atom stereocenters. The Bertz CT molecular complexity index is 668. The highest BCUT2D eigenvalue weighted by Crippen LogP contribution is 2.51. The monoisotopic (exact) mass is 425 g/mol. The summed E-state index contributed by atoms with van der Waals surface area (Å²) in [6.07, 6.45) is 4.65. The summed E-state index contributed by atoms with van der Waals surface area (Å²) >= 11 is 0. The first kappa shape index (κ1) is 23.9. The zero-order valence-corrected chi connectivity index (χ0v) is 18.8. The van der Waals surface area contributed by atoms with Crippen molar-refractivity contribution in [3.63, 3.8) is 0 Å². The van der Waals surface area contributed by atoms with E-state index in [9.17, 15) is 14.5 Å². The second-order valence-corrected chi connectivity index (χ2v) is 11.6. The third-order valence-corrected chi connectivity index (χ3v) is 7.59. The molecule has 2 rings (SSSR count). The number of alkyl carbamates (subject to hydrolysis) is 1. The van der Waals surface area contributed by atoms with Gasteiger partial charge in [-0.05, 0) is 45.1 Å². The van der Waals surface area contributed by atoms with Gasteiger partial charge in [-0.3, -0.25) is 4.57 Å². The van der Waals surface area contributed by atoms with Gasteiger partial charge in [0.05, 0.1) is 18.9 Å². The van der Waals surface area contributed by atoms with Crippen LogP contribution in [0.2, 0.25) is 0 Å². The van der Waals surface area contributed by atoms with Crippen molar-refractivity contribution in [1.29, 1.82) is 0 Å². The van der Waals surface area contributed by atoms with Crippen molar-refractivity contribution in [3.05, 3.63) is 35.9 Å². The van der Waals surface area contributed by atoms with Gasteiger partial charge in [-0.2, -0.15) is 0 Å². The van der Waals surface area contributed by atoms with Crippen molar-refractivity contribution in [1.82, 2.24) is 5.32 Å². The lowest BCUT2D eigenvalue weighted by Crippen LogP contribution is -2.38. The first-order chi connectivity index (χ1) is 13.7. The van der Waals surface area contributed by atoms with E-state index in [2.05, 4.69) is 5.32 Å². The van der Waals surface area contributed by atoms with Crippen LogP contribution in [0.15, 0.2) is 30.3 Å². The maximum atomic E-state index is 13.6. The molecule has 1 amide bonds. The van der Waals surface area contributed by atoms with Crippen molar-refractivity contribution >= 4 is 13.5 Å². The van der Waals surface area contributed by atoms with Crippen molar-refractivity contribution < 1.29 is 23.7 Å². The Morgan fingerprint density at radius 1 is 1.21 bits per heavy atom. The van der Waals surface area contributed by atoms with Gasteiger partial charge in [0.15, 0.2) is 0 Å². The van der Waals surface area contributed by atoms with Gasteiger partial charge in [-0.15, -0.1) is 0 Å². The smallest absolute Gasteiger partial charge is 0.407 e. The number of hydrogen-bond donors (Lipinski definition) is 2. The van der Waals surface area contributed by atoms with E-state index in [1.807, 2.05) is 30.3 Å². The maximum absolute atomic E-state index is 13.6. The van der Waals surface area contributed by atoms with E-state index >= 15 is 0 Å². The van der Waals surface area contributed by atoms with Gasteiger partial charge in [0.1, 0.15) is 5.60 Å². The van der Waals surface area contributed by atoms with E-state index in [0.29, 0.717) is 12.1 Å². The lowest BCUT2D eigenvalue weighted by molar-refractivity contribution is 0.0497. The molecule has 29 heavy (non-hydrogen) atoms. The fourth-order valence-corrected chi connectivity index (χ4v) is 6.28. The molecule has 2 N–H and O–H groups in total. The Hall–Kier alpha value is -1.36. The molecule has 0 spiro atoms. The third-order valence-electron chi connectivity index (χ3n) is 4.94. The highest BCUT2D eigenvalue weighted by Gasteiger charge is 2.31. The van der Waals surface area contributed by atoms with Crippen molar-refractivity contribution in [2.24, 2.45) is 5.92 Å². The highest BCUT2D eigenvalue weighted by atomic mass is 31.2. The Morgan fingerprint density at radius 2 is 1.86 bits per heavy atom. The summed E-state index contributed by atoms with van der Waals surface area (Å²) in [5.74, 6) is 0.372. The minimum absolute atomic E-state index is 0.0156. The Labute approximate surface area is 174 Å². The highest BCUT2D eigenvalue weighted by molar-refractivity contribution is 7.59. The Balaban J connectivity index is 1.94. The molecular formula is C22H36NO5P. The first-order valence-corrected chi connectivity index (χ1v) is 12.6. The van der Waals surface area contributed by atoms with Gasteiger partial charge in [0.25, 0.3) is 0 Å². The summed E-state index contributed by atoms with van der Waals surface area (Å²) in [4.78, 5) is 11.8. The number of benzene rings is 1. The second kappa shape index (κ2) is 11.1. The van der Waals surface area contributed by atoms with Crippen LogP contribution in [0.5, 0.6) is 0 Å². The standard InChI is InChI=1S/C22H36NO5P/c1-22(2,3)28-21(25)23-14-20(24)17-29(26,16-19-12-8-5-9-13-19)27-15-18-10-6-4-7-11-18/h4,6-7,10-11,19-20,24H,5,8-9,12-17H2,1-3H3,(H,23,25). The van der Waals surface area contributed by atoms with Crippen LogP contribution in [0.1, 0.15) is 58.4 Å². The number of rotatable bonds is 9. The summed E-state index contributed by atoms with van der Waals surface area (Å²) in [6, 6.07) is 9.64. The third kappa shape index (κ3) is 9.79. The SMILES string of the molecule is CC(C)(C)OC(=O)NCC(O)CP(=O)(CC1CCCCC1)OCc1ccccc1. The minimum Gasteiger partial charge on any atom is -0.444 e. The Morgan fingerprint density at radius 3 is 2.48 bits per heavy atom. The number of aliphatic hydroxyl groups is 1. The maximum Gasteiger partial charge on any atom is 0.407 e. The van der Waals surface area contributed by atoms with Crippen LogP contribution < -0.4 is 5.32 Å². The molecule has 1 fully saturated rings. The largest absolute Gasteiger partial charge is 0.444 e. The number of carbonyl (C=O) groups excluding carboxylic acids is 1. The zero-order valence-electron chi connectivity index (χ0n) is 17.9. The van der Waals surface area contributed by atoms with Gasteiger partial charge in [0.2, 0.25) is 7.37 Å². The van der Waals surface area contributed by atoms with Crippen LogP contribution in [0, 0.1) is 5.92 Å². The molecule has 6 nitrogen and oxygen atoms in total. The van der Waals surface area contributed by atoms with Gasteiger partial charge in [-0.1, -0.05) is 49.6 Å². The van der Waals surface area contributed by atoms with Gasteiger partial charge < -0.3 is 19.7 Å². The lowest BCUT2D eigenvalue weighted by atomic mass is 9.91. The molecule has 1 aromatic rings. The average Bonchev–Trinajstić information content (AvgIpc) is 2.65. The predicted octanol–water partition coefficient (Wildman–Crippen LogP) is 4.95. The molecule has 7 heteroatoms. The van der Waals surface area contributed by atoms with Crippen molar-refractivity contribution in [2.45, 2.75) is 71.2 Å². The molecule has 0 heterocycles. The minimum atomic E-state index is -3.05. The summed E-state index contributed by atoms with van der Waals surface area (Å²) in [6.45, 7) is 5.58. The van der Waals surface area contributed by atoms with E-state index < -0.39 is 25.2 Å². The normalized spacial score (nSPS) is 18.6. The van der Waals surface area contributed by atoms with Crippen LogP contribution in [0.3, 0.4) is 0 Å². The molecule has 0 saturated heterocycles. The number of hydrogen-bond acceptors (Lipinski definition) is 5. The van der Waals surface area contributed by atoms with Gasteiger partial charge in [-0.25, -0.2) is 4.79 Å². The number of aliphatic hydroxyl groups excluding tert-OH is 1. The zero-order chi connectivity index (χ0) is 21.3. The summed E-state index contributed by atoms with van der Waals surface area (Å²) in [5, 5.41) is 13.0. The molecular weight excluding hydrogens is 389 g/mol. The van der Waals surface area contributed by atoms with Gasteiger partial charge >= 0.3 is 6.09 Å². The molecule has 0 aliphatic heterocycles. The van der Waals surface area contributed by atoms with Crippen LogP contribution in [0.4, 0.5) is 4.79 Å². The number of carbonyl (C=O) groups is 1. The molecule has 164 valence electrons. The molecule has 1 aliphatic rings. The van der Waals surface area contributed by atoms with Crippen LogP contribution >= 0.6 is 7.37 Å². The molecule has 0 aromatic heterocycles.